The van der Waals surface area contributed by atoms with Crippen molar-refractivity contribution in [2.45, 2.75) is 13.0 Å². The van der Waals surface area contributed by atoms with Gasteiger partial charge in [0, 0.05) is 25.3 Å². The van der Waals surface area contributed by atoms with Crippen molar-refractivity contribution >= 4 is 23.4 Å². The fraction of sp³-hybridized carbons (Fsp3) is 0.273. The Morgan fingerprint density at radius 2 is 1.83 bits per heavy atom. The molecule has 2 aromatic carbocycles. The average molecular weight is 395 g/mol. The standard InChI is InChI=1S/C22H22FN3O3/c23-19-5-3-17(4-6-19)18-9-11-25(12-10-18)21(27)24-20-7-1-16(2-8-20)15-26-13-14-29-22(26)28/h1-9H,10-15H2,(H,24,27). The predicted octanol–water partition coefficient (Wildman–Crippen LogP) is 4.10. The largest absolute Gasteiger partial charge is 0.448 e. The third-order valence-electron chi connectivity index (χ3n) is 5.13. The molecule has 2 heterocycles. The monoisotopic (exact) mass is 395 g/mol. The van der Waals surface area contributed by atoms with Crippen LogP contribution < -0.4 is 5.32 Å². The van der Waals surface area contributed by atoms with E-state index in [1.165, 1.54) is 12.1 Å². The maximum Gasteiger partial charge on any atom is 0.410 e. The maximum absolute atomic E-state index is 13.1. The summed E-state index contributed by atoms with van der Waals surface area (Å²) in [4.78, 5) is 27.4. The highest BCUT2D eigenvalue weighted by Gasteiger charge is 2.22. The fourth-order valence-electron chi connectivity index (χ4n) is 3.47. The first-order valence-corrected chi connectivity index (χ1v) is 9.60. The number of carbonyl (C=O) groups excluding carboxylic acids is 2. The zero-order chi connectivity index (χ0) is 20.2. The highest BCUT2D eigenvalue weighted by atomic mass is 19.1. The maximum atomic E-state index is 13.1. The number of nitrogens with one attached hydrogen (secondary N) is 1. The van der Waals surface area contributed by atoms with Crippen LogP contribution in [-0.4, -0.2) is 48.2 Å². The van der Waals surface area contributed by atoms with Crippen molar-refractivity contribution < 1.29 is 18.7 Å². The Labute approximate surface area is 168 Å². The molecule has 2 aliphatic heterocycles. The number of hydrogen-bond donors (Lipinski definition) is 1. The molecule has 0 spiro atoms. The molecule has 1 N–H and O–H groups in total. The number of hydrogen-bond acceptors (Lipinski definition) is 3. The molecular formula is C22H22FN3O3. The Kier molecular flexibility index (Phi) is 5.46. The topological polar surface area (TPSA) is 61.9 Å². The van der Waals surface area contributed by atoms with Crippen LogP contribution in [-0.2, 0) is 11.3 Å². The number of amides is 3. The van der Waals surface area contributed by atoms with Crippen LogP contribution in [0.2, 0.25) is 0 Å². The summed E-state index contributed by atoms with van der Waals surface area (Å²) in [6, 6.07) is 13.7. The molecule has 0 atom stereocenters. The molecule has 1 fully saturated rings. The molecule has 1 saturated heterocycles. The number of ether oxygens (including phenoxy) is 1. The average Bonchev–Trinajstić information content (AvgIpc) is 3.14. The molecule has 0 bridgehead atoms. The van der Waals surface area contributed by atoms with E-state index in [2.05, 4.69) is 5.32 Å². The van der Waals surface area contributed by atoms with Gasteiger partial charge >= 0.3 is 12.1 Å². The van der Waals surface area contributed by atoms with E-state index in [9.17, 15) is 14.0 Å². The predicted molar refractivity (Wildman–Crippen MR) is 108 cm³/mol. The van der Waals surface area contributed by atoms with Crippen LogP contribution in [0.4, 0.5) is 19.7 Å². The third-order valence-corrected chi connectivity index (χ3v) is 5.13. The van der Waals surface area contributed by atoms with E-state index in [1.807, 2.05) is 30.3 Å². The smallest absolute Gasteiger partial charge is 0.410 e. The van der Waals surface area contributed by atoms with Gasteiger partial charge in [-0.1, -0.05) is 30.3 Å². The number of rotatable bonds is 4. The second kappa shape index (κ2) is 8.34. The highest BCUT2D eigenvalue weighted by Crippen LogP contribution is 2.23. The van der Waals surface area contributed by atoms with Crippen molar-refractivity contribution in [3.05, 3.63) is 71.6 Å². The van der Waals surface area contributed by atoms with E-state index in [0.29, 0.717) is 38.5 Å². The summed E-state index contributed by atoms with van der Waals surface area (Å²) < 4.78 is 18.0. The first kappa shape index (κ1) is 19.0. The normalized spacial score (nSPS) is 16.4. The summed E-state index contributed by atoms with van der Waals surface area (Å²) in [6.07, 6.45) is 2.44. The lowest BCUT2D eigenvalue weighted by atomic mass is 10.00. The van der Waals surface area contributed by atoms with E-state index in [-0.39, 0.29) is 17.9 Å². The summed E-state index contributed by atoms with van der Waals surface area (Å²) >= 11 is 0. The summed E-state index contributed by atoms with van der Waals surface area (Å²) in [5.74, 6) is -0.252. The SMILES string of the molecule is O=C(Nc1ccc(CN2CCOC2=O)cc1)N1CC=C(c2ccc(F)cc2)CC1. The van der Waals surface area contributed by atoms with E-state index in [1.54, 1.807) is 21.9 Å². The van der Waals surface area contributed by atoms with E-state index in [4.69, 9.17) is 4.74 Å². The lowest BCUT2D eigenvalue weighted by Gasteiger charge is -2.27. The Bertz CT molecular complexity index is 925. The van der Waals surface area contributed by atoms with Crippen molar-refractivity contribution in [1.29, 1.82) is 0 Å². The van der Waals surface area contributed by atoms with Crippen LogP contribution >= 0.6 is 0 Å². The molecule has 0 unspecified atom stereocenters. The van der Waals surface area contributed by atoms with Crippen LogP contribution in [0.25, 0.3) is 5.57 Å². The second-order valence-electron chi connectivity index (χ2n) is 7.10. The van der Waals surface area contributed by atoms with Crippen LogP contribution in [0, 0.1) is 5.82 Å². The number of urea groups is 1. The Morgan fingerprint density at radius 1 is 1.07 bits per heavy atom. The minimum absolute atomic E-state index is 0.157. The first-order chi connectivity index (χ1) is 14.1. The van der Waals surface area contributed by atoms with Gasteiger partial charge in [-0.2, -0.15) is 0 Å². The molecule has 150 valence electrons. The van der Waals surface area contributed by atoms with Gasteiger partial charge in [-0.25, -0.2) is 14.0 Å². The lowest BCUT2D eigenvalue weighted by molar-refractivity contribution is 0.157. The molecule has 4 rings (SSSR count). The molecule has 3 amide bonds. The molecular weight excluding hydrogens is 373 g/mol. The molecule has 2 aromatic rings. The van der Waals surface area contributed by atoms with Crippen LogP contribution in [0.1, 0.15) is 17.5 Å². The van der Waals surface area contributed by atoms with Crippen LogP contribution in [0.5, 0.6) is 0 Å². The molecule has 0 aromatic heterocycles. The van der Waals surface area contributed by atoms with Gasteiger partial charge in [-0.15, -0.1) is 0 Å². The summed E-state index contributed by atoms with van der Waals surface area (Å²) in [5.41, 5.74) is 3.80. The van der Waals surface area contributed by atoms with Crippen molar-refractivity contribution in [1.82, 2.24) is 9.80 Å². The molecule has 0 radical (unpaired) electrons. The highest BCUT2D eigenvalue weighted by molar-refractivity contribution is 5.90. The van der Waals surface area contributed by atoms with Gasteiger partial charge < -0.3 is 19.9 Å². The van der Waals surface area contributed by atoms with Gasteiger partial charge in [-0.05, 0) is 47.4 Å². The molecule has 0 saturated carbocycles. The number of carbonyl (C=O) groups is 2. The van der Waals surface area contributed by atoms with Gasteiger partial charge in [0.1, 0.15) is 12.4 Å². The molecule has 2 aliphatic rings. The van der Waals surface area contributed by atoms with Crippen molar-refractivity contribution in [3.63, 3.8) is 0 Å². The number of benzene rings is 2. The van der Waals surface area contributed by atoms with Gasteiger partial charge in [0.05, 0.1) is 6.54 Å². The lowest BCUT2D eigenvalue weighted by Crippen LogP contribution is -2.37. The molecule has 29 heavy (non-hydrogen) atoms. The molecule has 0 aliphatic carbocycles. The van der Waals surface area contributed by atoms with E-state index >= 15 is 0 Å². The van der Waals surface area contributed by atoms with Crippen LogP contribution in [0.15, 0.2) is 54.6 Å². The van der Waals surface area contributed by atoms with Crippen molar-refractivity contribution in [2.24, 2.45) is 0 Å². The summed E-state index contributed by atoms with van der Waals surface area (Å²) in [6.45, 7) is 2.63. The Balaban J connectivity index is 1.31. The number of nitrogens with zero attached hydrogens (tertiary/aromatic N) is 2. The minimum atomic E-state index is -0.291. The van der Waals surface area contributed by atoms with Crippen molar-refractivity contribution in [2.75, 3.05) is 31.6 Å². The number of cyclic esters (lactones) is 1. The molecule has 6 nitrogen and oxygen atoms in total. The van der Waals surface area contributed by atoms with Gasteiger partial charge in [0.2, 0.25) is 0 Å². The van der Waals surface area contributed by atoms with Gasteiger partial charge in [0.25, 0.3) is 0 Å². The van der Waals surface area contributed by atoms with Crippen LogP contribution in [0.3, 0.4) is 0 Å². The zero-order valence-electron chi connectivity index (χ0n) is 15.9. The number of anilines is 1. The van der Waals surface area contributed by atoms with E-state index < -0.39 is 0 Å². The minimum Gasteiger partial charge on any atom is -0.448 e. The van der Waals surface area contributed by atoms with Gasteiger partial charge in [-0.3, -0.25) is 0 Å². The second-order valence-corrected chi connectivity index (χ2v) is 7.10. The first-order valence-electron chi connectivity index (χ1n) is 9.60. The zero-order valence-corrected chi connectivity index (χ0v) is 15.9. The van der Waals surface area contributed by atoms with Crippen molar-refractivity contribution in [3.8, 4) is 0 Å². The quantitative estimate of drug-likeness (QED) is 0.848. The van der Waals surface area contributed by atoms with Gasteiger partial charge in [0.15, 0.2) is 0 Å². The summed E-state index contributed by atoms with van der Waals surface area (Å²) in [7, 11) is 0. The Hall–Kier alpha value is -3.35. The Morgan fingerprint density at radius 3 is 2.45 bits per heavy atom. The molecule has 7 heteroatoms. The third kappa shape index (κ3) is 4.56. The summed E-state index contributed by atoms with van der Waals surface area (Å²) in [5, 5.41) is 2.91. The number of halogens is 1. The van der Waals surface area contributed by atoms with E-state index in [0.717, 1.165) is 23.1 Å². The fourth-order valence-corrected chi connectivity index (χ4v) is 3.47.